The van der Waals surface area contributed by atoms with E-state index in [1.807, 2.05) is 6.07 Å². The Bertz CT molecular complexity index is 768. The van der Waals surface area contributed by atoms with Gasteiger partial charge in [-0.15, -0.1) is 0 Å². The molecule has 0 unspecified atom stereocenters. The zero-order valence-electron chi connectivity index (χ0n) is 11.3. The highest BCUT2D eigenvalue weighted by molar-refractivity contribution is 7.92. The molecule has 7 heteroatoms. The molecule has 0 aliphatic rings. The lowest BCUT2D eigenvalue weighted by atomic mass is 10.2. The number of aromatic nitrogens is 1. The maximum absolute atomic E-state index is 12.6. The molecule has 1 aromatic carbocycles. The van der Waals surface area contributed by atoms with Gasteiger partial charge in [-0.05, 0) is 32.0 Å². The molecule has 1 heterocycles. The first-order chi connectivity index (χ1) is 9.37. The van der Waals surface area contributed by atoms with Crippen LogP contribution in [0.1, 0.15) is 17.0 Å². The second-order valence-electron chi connectivity index (χ2n) is 4.29. The van der Waals surface area contributed by atoms with Crippen LogP contribution in [0.5, 0.6) is 0 Å². The van der Waals surface area contributed by atoms with Crippen LogP contribution < -0.4 is 4.31 Å². The van der Waals surface area contributed by atoms with E-state index in [0.717, 1.165) is 4.31 Å². The molecule has 0 radical (unpaired) electrons. The van der Waals surface area contributed by atoms with E-state index < -0.39 is 10.0 Å². The van der Waals surface area contributed by atoms with E-state index >= 15 is 0 Å². The van der Waals surface area contributed by atoms with Crippen LogP contribution >= 0.6 is 0 Å². The quantitative estimate of drug-likeness (QED) is 0.863. The molecule has 0 fully saturated rings. The number of hydrogen-bond acceptors (Lipinski definition) is 5. The first-order valence-electron chi connectivity index (χ1n) is 5.80. The van der Waals surface area contributed by atoms with Gasteiger partial charge >= 0.3 is 0 Å². The highest BCUT2D eigenvalue weighted by Crippen LogP contribution is 2.26. The molecule has 2 aromatic rings. The second kappa shape index (κ2) is 4.98. The number of nitriles is 1. The molecule has 1 aromatic heterocycles. The largest absolute Gasteiger partial charge is 0.360 e. The van der Waals surface area contributed by atoms with Crippen molar-refractivity contribution in [2.45, 2.75) is 18.7 Å². The van der Waals surface area contributed by atoms with Gasteiger partial charge in [0, 0.05) is 7.05 Å². The summed E-state index contributed by atoms with van der Waals surface area (Å²) in [5.41, 5.74) is 1.11. The summed E-state index contributed by atoms with van der Waals surface area (Å²) < 4.78 is 31.2. The average Bonchev–Trinajstić information content (AvgIpc) is 2.77. The predicted octanol–water partition coefficient (Wildman–Crippen LogP) is 1.99. The molecular formula is C13H13N3O3S. The second-order valence-corrected chi connectivity index (χ2v) is 6.19. The van der Waals surface area contributed by atoms with Gasteiger partial charge in [0.15, 0.2) is 10.7 Å². The Balaban J connectivity index is 2.52. The van der Waals surface area contributed by atoms with Gasteiger partial charge in [0.25, 0.3) is 10.0 Å². The van der Waals surface area contributed by atoms with E-state index in [4.69, 9.17) is 9.78 Å². The number of hydrogen-bond donors (Lipinski definition) is 0. The summed E-state index contributed by atoms with van der Waals surface area (Å²) in [5, 5.41) is 12.5. The minimum absolute atomic E-state index is 0.0577. The van der Waals surface area contributed by atoms with Crippen LogP contribution in [0, 0.1) is 25.2 Å². The van der Waals surface area contributed by atoms with Crippen LogP contribution in [0.15, 0.2) is 33.7 Å². The lowest BCUT2D eigenvalue weighted by molar-refractivity contribution is 0.390. The van der Waals surface area contributed by atoms with E-state index in [-0.39, 0.29) is 10.7 Å². The van der Waals surface area contributed by atoms with Crippen molar-refractivity contribution >= 4 is 15.7 Å². The number of aryl methyl sites for hydroxylation is 2. The Labute approximate surface area is 117 Å². The van der Waals surface area contributed by atoms with Crippen molar-refractivity contribution in [1.82, 2.24) is 5.16 Å². The monoisotopic (exact) mass is 291 g/mol. The van der Waals surface area contributed by atoms with E-state index in [1.54, 1.807) is 32.0 Å². The fraction of sp³-hybridized carbons (Fsp3) is 0.231. The Morgan fingerprint density at radius 3 is 2.60 bits per heavy atom. The van der Waals surface area contributed by atoms with E-state index in [0.29, 0.717) is 16.9 Å². The topological polar surface area (TPSA) is 87.2 Å². The van der Waals surface area contributed by atoms with Crippen LogP contribution in [0.4, 0.5) is 5.69 Å². The van der Waals surface area contributed by atoms with E-state index in [2.05, 4.69) is 5.16 Å². The van der Waals surface area contributed by atoms with E-state index in [1.165, 1.54) is 13.1 Å². The zero-order valence-corrected chi connectivity index (χ0v) is 12.1. The standard InChI is InChI=1S/C13H13N3O3S/c1-9-13(10(2)19-15-9)20(17,18)16(3)12-6-4-5-11(7-12)8-14/h4-7H,1-3H3. The number of anilines is 1. The molecule has 0 atom stereocenters. The van der Waals surface area contributed by atoms with Crippen molar-refractivity contribution in [3.05, 3.63) is 41.3 Å². The minimum atomic E-state index is -3.77. The summed E-state index contributed by atoms with van der Waals surface area (Å²) in [6.45, 7) is 3.12. The van der Waals surface area contributed by atoms with Crippen LogP contribution in [0.2, 0.25) is 0 Å². The molecule has 0 bridgehead atoms. The molecule has 0 amide bonds. The fourth-order valence-electron chi connectivity index (χ4n) is 1.89. The summed E-state index contributed by atoms with van der Waals surface area (Å²) in [4.78, 5) is 0.0577. The van der Waals surface area contributed by atoms with Crippen molar-refractivity contribution in [3.8, 4) is 6.07 Å². The maximum atomic E-state index is 12.6. The fourth-order valence-corrected chi connectivity index (χ4v) is 3.37. The van der Waals surface area contributed by atoms with Gasteiger partial charge in [0.1, 0.15) is 5.69 Å². The van der Waals surface area contributed by atoms with Crippen molar-refractivity contribution in [3.63, 3.8) is 0 Å². The third-order valence-electron chi connectivity index (χ3n) is 2.93. The number of nitrogens with zero attached hydrogens (tertiary/aromatic N) is 3. The van der Waals surface area contributed by atoms with Crippen molar-refractivity contribution in [2.24, 2.45) is 0 Å². The molecule has 0 aliphatic heterocycles. The Morgan fingerprint density at radius 2 is 2.05 bits per heavy atom. The first-order valence-corrected chi connectivity index (χ1v) is 7.24. The number of sulfonamides is 1. The van der Waals surface area contributed by atoms with Gasteiger partial charge in [-0.2, -0.15) is 5.26 Å². The van der Waals surface area contributed by atoms with Crippen molar-refractivity contribution < 1.29 is 12.9 Å². The van der Waals surface area contributed by atoms with Gasteiger partial charge in [-0.3, -0.25) is 4.31 Å². The Hall–Kier alpha value is -2.33. The molecule has 0 aliphatic carbocycles. The van der Waals surface area contributed by atoms with Crippen LogP contribution in [0.3, 0.4) is 0 Å². The van der Waals surface area contributed by atoms with Gasteiger partial charge in [0.05, 0.1) is 17.3 Å². The van der Waals surface area contributed by atoms with Crippen molar-refractivity contribution in [1.29, 1.82) is 5.26 Å². The molecule has 6 nitrogen and oxygen atoms in total. The van der Waals surface area contributed by atoms with Gasteiger partial charge in [-0.25, -0.2) is 8.42 Å². The normalized spacial score (nSPS) is 11.1. The first kappa shape index (κ1) is 14.1. The molecule has 0 N–H and O–H groups in total. The molecular weight excluding hydrogens is 278 g/mol. The highest BCUT2D eigenvalue weighted by Gasteiger charge is 2.28. The van der Waals surface area contributed by atoms with Crippen molar-refractivity contribution in [2.75, 3.05) is 11.4 Å². The zero-order chi connectivity index (χ0) is 14.9. The maximum Gasteiger partial charge on any atom is 0.269 e. The molecule has 0 saturated carbocycles. The van der Waals surface area contributed by atoms with E-state index in [9.17, 15) is 8.42 Å². The third kappa shape index (κ3) is 2.26. The summed E-state index contributed by atoms with van der Waals surface area (Å²) in [6.07, 6.45) is 0. The minimum Gasteiger partial charge on any atom is -0.360 e. The van der Waals surface area contributed by atoms with Gasteiger partial charge < -0.3 is 4.52 Å². The molecule has 2 rings (SSSR count). The van der Waals surface area contributed by atoms with Gasteiger partial charge in [0.2, 0.25) is 0 Å². The van der Waals surface area contributed by atoms with Crippen LogP contribution in [-0.2, 0) is 10.0 Å². The predicted molar refractivity (Wildman–Crippen MR) is 72.7 cm³/mol. The highest BCUT2D eigenvalue weighted by atomic mass is 32.2. The lowest BCUT2D eigenvalue weighted by Crippen LogP contribution is -2.27. The molecule has 104 valence electrons. The Kier molecular flexibility index (Phi) is 3.51. The lowest BCUT2D eigenvalue weighted by Gasteiger charge is -2.19. The number of rotatable bonds is 3. The molecule has 0 saturated heterocycles. The van der Waals surface area contributed by atoms with Crippen LogP contribution in [-0.4, -0.2) is 20.6 Å². The third-order valence-corrected chi connectivity index (χ3v) is 4.96. The summed E-state index contributed by atoms with van der Waals surface area (Å²) in [7, 11) is -2.34. The SMILES string of the molecule is Cc1noc(C)c1S(=O)(=O)N(C)c1cccc(C#N)c1. The molecule has 20 heavy (non-hydrogen) atoms. The van der Waals surface area contributed by atoms with Crippen LogP contribution in [0.25, 0.3) is 0 Å². The number of benzene rings is 1. The Morgan fingerprint density at radius 1 is 1.35 bits per heavy atom. The smallest absolute Gasteiger partial charge is 0.269 e. The summed E-state index contributed by atoms with van der Waals surface area (Å²) >= 11 is 0. The average molecular weight is 291 g/mol. The molecule has 0 spiro atoms. The summed E-state index contributed by atoms with van der Waals surface area (Å²) in [5.74, 6) is 0.241. The van der Waals surface area contributed by atoms with Gasteiger partial charge in [-0.1, -0.05) is 11.2 Å². The summed E-state index contributed by atoms with van der Waals surface area (Å²) in [6, 6.07) is 8.35.